The largest absolute Gasteiger partial charge is 0.379 e. The second-order valence-electron chi connectivity index (χ2n) is 9.03. The van der Waals surface area contributed by atoms with Crippen molar-refractivity contribution in [2.75, 3.05) is 31.6 Å². The lowest BCUT2D eigenvalue weighted by Gasteiger charge is -2.33. The number of alkyl halides is 2. The normalized spacial score (nSPS) is 15.0. The van der Waals surface area contributed by atoms with Gasteiger partial charge in [0.05, 0.1) is 48.2 Å². The van der Waals surface area contributed by atoms with Gasteiger partial charge in [0.2, 0.25) is 0 Å². The molecule has 0 radical (unpaired) electrons. The smallest absolute Gasteiger partial charge is 0.265 e. The topological polar surface area (TPSA) is 85.2 Å². The van der Waals surface area contributed by atoms with Crippen LogP contribution in [0.2, 0.25) is 0 Å². The van der Waals surface area contributed by atoms with Gasteiger partial charge in [0, 0.05) is 30.9 Å². The molecule has 0 bridgehead atoms. The number of amides is 1. The van der Waals surface area contributed by atoms with Crippen molar-refractivity contribution in [1.82, 2.24) is 24.6 Å². The molecule has 3 aromatic rings. The highest BCUT2D eigenvalue weighted by Gasteiger charge is 2.19. The molecular formula is C29H38F2N6O2. The van der Waals surface area contributed by atoms with Gasteiger partial charge in [-0.15, -0.1) is 0 Å². The highest BCUT2D eigenvalue weighted by Crippen LogP contribution is 2.21. The van der Waals surface area contributed by atoms with Gasteiger partial charge in [0.25, 0.3) is 12.3 Å². The Hall–Kier alpha value is -3.50. The number of carbonyl (C=O) groups is 1. The fourth-order valence-corrected chi connectivity index (χ4v) is 4.35. The molecule has 0 spiro atoms. The van der Waals surface area contributed by atoms with E-state index in [1.165, 1.54) is 23.0 Å². The number of allylic oxidation sites excluding steroid dienone is 1. The standard InChI is InChI=1S/C27H32F2N6O2.C2H6/c1-4-22(34-11-13-37-14-12-34)8-5-18(2)24-9-7-21(16-30-24)33-27(36)23-17-32-35(19(23)3)25-10-6-20(15-31-25)26(28)29;1-2/h5-7,9-10,15-17,22,26H,4,8,11-14H2,1-3H3,(H,33,36);1-2H3/b18-5+;. The molecular weight excluding hydrogens is 502 g/mol. The van der Waals surface area contributed by atoms with Crippen molar-refractivity contribution in [2.45, 2.75) is 59.9 Å². The SMILES string of the molecule is CC.CCC(C/C=C(\C)c1ccc(NC(=O)c2cnn(-c3ccc(C(F)F)cn3)c2C)cn1)N1CCOCC1. The number of pyridine rings is 2. The molecule has 10 heteroatoms. The summed E-state index contributed by atoms with van der Waals surface area (Å²) in [5.41, 5.74) is 3.24. The van der Waals surface area contributed by atoms with Gasteiger partial charge >= 0.3 is 0 Å². The number of halogens is 2. The van der Waals surface area contributed by atoms with E-state index >= 15 is 0 Å². The molecule has 4 rings (SSSR count). The average molecular weight is 541 g/mol. The fourth-order valence-electron chi connectivity index (χ4n) is 4.35. The Kier molecular flexibility index (Phi) is 11.2. The van der Waals surface area contributed by atoms with Gasteiger partial charge < -0.3 is 10.1 Å². The number of ether oxygens (including phenoxy) is 1. The number of nitrogens with zero attached hydrogens (tertiary/aromatic N) is 5. The molecule has 3 aromatic heterocycles. The van der Waals surface area contributed by atoms with Gasteiger partial charge in [-0.3, -0.25) is 14.7 Å². The average Bonchev–Trinajstić information content (AvgIpc) is 3.36. The summed E-state index contributed by atoms with van der Waals surface area (Å²) in [6.45, 7) is 13.5. The Labute approximate surface area is 229 Å². The Balaban J connectivity index is 0.00000205. The second kappa shape index (κ2) is 14.6. The van der Waals surface area contributed by atoms with Crippen LogP contribution in [0.3, 0.4) is 0 Å². The summed E-state index contributed by atoms with van der Waals surface area (Å²) < 4.78 is 32.5. The van der Waals surface area contributed by atoms with E-state index in [4.69, 9.17) is 4.74 Å². The third-order valence-corrected chi connectivity index (χ3v) is 6.65. The maximum atomic E-state index is 12.9. The van der Waals surface area contributed by atoms with Crippen LogP contribution in [0.5, 0.6) is 0 Å². The minimum Gasteiger partial charge on any atom is -0.379 e. The summed E-state index contributed by atoms with van der Waals surface area (Å²) >= 11 is 0. The lowest BCUT2D eigenvalue weighted by Crippen LogP contribution is -2.43. The quantitative estimate of drug-likeness (QED) is 0.354. The van der Waals surface area contributed by atoms with Crippen LogP contribution >= 0.6 is 0 Å². The minimum absolute atomic E-state index is 0.171. The first-order valence-corrected chi connectivity index (χ1v) is 13.4. The number of hydrogen-bond acceptors (Lipinski definition) is 6. The third kappa shape index (κ3) is 7.77. The molecule has 1 aliphatic rings. The van der Waals surface area contributed by atoms with E-state index in [0.29, 0.717) is 28.8 Å². The molecule has 1 saturated heterocycles. The van der Waals surface area contributed by atoms with Crippen LogP contribution in [-0.4, -0.2) is 62.9 Å². The lowest BCUT2D eigenvalue weighted by molar-refractivity contribution is 0.0164. The molecule has 0 saturated carbocycles. The predicted molar refractivity (Wildman–Crippen MR) is 149 cm³/mol. The van der Waals surface area contributed by atoms with E-state index < -0.39 is 6.43 Å². The second-order valence-corrected chi connectivity index (χ2v) is 9.03. The van der Waals surface area contributed by atoms with E-state index in [2.05, 4.69) is 38.3 Å². The van der Waals surface area contributed by atoms with Crippen LogP contribution in [0.25, 0.3) is 11.4 Å². The summed E-state index contributed by atoms with van der Waals surface area (Å²) in [5, 5.41) is 7.05. The maximum Gasteiger partial charge on any atom is 0.265 e. The number of carbonyl (C=O) groups excluding carboxylic acids is 1. The molecule has 8 nitrogen and oxygen atoms in total. The molecule has 1 aliphatic heterocycles. The zero-order valence-corrected chi connectivity index (χ0v) is 23.3. The summed E-state index contributed by atoms with van der Waals surface area (Å²) in [5.74, 6) is 0.0132. The van der Waals surface area contributed by atoms with Crippen molar-refractivity contribution in [3.8, 4) is 5.82 Å². The molecule has 4 heterocycles. The van der Waals surface area contributed by atoms with E-state index in [0.717, 1.165) is 56.6 Å². The predicted octanol–water partition coefficient (Wildman–Crippen LogP) is 6.09. The van der Waals surface area contributed by atoms with Gasteiger partial charge in [0.15, 0.2) is 5.82 Å². The summed E-state index contributed by atoms with van der Waals surface area (Å²) in [4.78, 5) is 23.9. The van der Waals surface area contributed by atoms with Crippen LogP contribution in [0.1, 0.15) is 74.3 Å². The lowest BCUT2D eigenvalue weighted by atomic mass is 10.0. The van der Waals surface area contributed by atoms with Crippen molar-refractivity contribution in [2.24, 2.45) is 0 Å². The van der Waals surface area contributed by atoms with Crippen molar-refractivity contribution < 1.29 is 18.3 Å². The minimum atomic E-state index is -2.59. The van der Waals surface area contributed by atoms with Crippen molar-refractivity contribution in [3.05, 3.63) is 71.4 Å². The molecule has 39 heavy (non-hydrogen) atoms. The zero-order chi connectivity index (χ0) is 28.4. The van der Waals surface area contributed by atoms with Crippen LogP contribution in [0.15, 0.2) is 48.9 Å². The zero-order valence-electron chi connectivity index (χ0n) is 23.3. The number of nitrogens with one attached hydrogen (secondary N) is 1. The monoisotopic (exact) mass is 540 g/mol. The first-order valence-electron chi connectivity index (χ1n) is 13.4. The first-order chi connectivity index (χ1) is 18.9. The molecule has 1 N–H and O–H groups in total. The number of hydrogen-bond donors (Lipinski definition) is 1. The van der Waals surface area contributed by atoms with Gasteiger partial charge in [-0.1, -0.05) is 26.8 Å². The summed E-state index contributed by atoms with van der Waals surface area (Å²) in [6.07, 6.45) is 5.83. The van der Waals surface area contributed by atoms with Gasteiger partial charge in [-0.05, 0) is 56.5 Å². The van der Waals surface area contributed by atoms with Gasteiger partial charge in [-0.2, -0.15) is 5.10 Å². The Morgan fingerprint density at radius 3 is 2.44 bits per heavy atom. The first kappa shape index (κ1) is 30.0. The Morgan fingerprint density at radius 2 is 1.85 bits per heavy atom. The highest BCUT2D eigenvalue weighted by molar-refractivity contribution is 6.04. The van der Waals surface area contributed by atoms with Crippen molar-refractivity contribution in [3.63, 3.8) is 0 Å². The van der Waals surface area contributed by atoms with E-state index in [1.807, 2.05) is 32.9 Å². The summed E-state index contributed by atoms with van der Waals surface area (Å²) in [7, 11) is 0. The summed E-state index contributed by atoms with van der Waals surface area (Å²) in [6, 6.07) is 6.94. The number of rotatable bonds is 9. The number of anilines is 1. The molecule has 0 aromatic carbocycles. The maximum absolute atomic E-state index is 12.9. The van der Waals surface area contributed by atoms with Crippen LogP contribution < -0.4 is 5.32 Å². The van der Waals surface area contributed by atoms with E-state index in [-0.39, 0.29) is 11.5 Å². The van der Waals surface area contributed by atoms with Gasteiger partial charge in [0.1, 0.15) is 0 Å². The Bertz CT molecular complexity index is 1220. The van der Waals surface area contributed by atoms with Crippen molar-refractivity contribution >= 4 is 17.2 Å². The van der Waals surface area contributed by atoms with Crippen LogP contribution in [0, 0.1) is 6.92 Å². The van der Waals surface area contributed by atoms with Crippen molar-refractivity contribution in [1.29, 1.82) is 0 Å². The van der Waals surface area contributed by atoms with Crippen LogP contribution in [0.4, 0.5) is 14.5 Å². The van der Waals surface area contributed by atoms with Crippen LogP contribution in [-0.2, 0) is 4.74 Å². The molecule has 210 valence electrons. The Morgan fingerprint density at radius 1 is 1.10 bits per heavy atom. The number of morpholine rings is 1. The molecule has 1 fully saturated rings. The van der Waals surface area contributed by atoms with E-state index in [9.17, 15) is 13.6 Å². The van der Waals surface area contributed by atoms with Gasteiger partial charge in [-0.25, -0.2) is 18.4 Å². The molecule has 1 atom stereocenters. The fraction of sp³-hybridized carbons (Fsp3) is 0.448. The molecule has 1 unspecified atom stereocenters. The molecule has 0 aliphatic carbocycles. The third-order valence-electron chi connectivity index (χ3n) is 6.65. The highest BCUT2D eigenvalue weighted by atomic mass is 19.3. The molecule has 1 amide bonds. The van der Waals surface area contributed by atoms with E-state index in [1.54, 1.807) is 13.1 Å². The number of aromatic nitrogens is 4.